The Morgan fingerprint density at radius 1 is 1.00 bits per heavy atom. The number of nitrogens with zero attached hydrogens (tertiary/aromatic N) is 4. The van der Waals surface area contributed by atoms with E-state index in [1.807, 2.05) is 0 Å². The lowest BCUT2D eigenvalue weighted by Gasteiger charge is -2.54. The summed E-state index contributed by atoms with van der Waals surface area (Å²) in [5.41, 5.74) is -1.35. The summed E-state index contributed by atoms with van der Waals surface area (Å²) in [6.07, 6.45) is 6.05. The monoisotopic (exact) mass is 626 g/mol. The SMILES string of the molecule is COC(=O)C[C@H]1CCC[C@@H]1[C@](CN1CCC1)(c1cccc(F)c1)C1CCN(CC2(F)CN(c3c(F)cc(C#N)cc3F)C2)CC1. The van der Waals surface area contributed by atoms with Crippen LogP contribution in [0.3, 0.4) is 0 Å². The van der Waals surface area contributed by atoms with Gasteiger partial charge in [-0.25, -0.2) is 17.6 Å². The van der Waals surface area contributed by atoms with Gasteiger partial charge in [-0.15, -0.1) is 0 Å². The lowest BCUT2D eigenvalue weighted by Crippen LogP contribution is -2.65. The lowest BCUT2D eigenvalue weighted by molar-refractivity contribution is -0.142. The number of nitriles is 1. The third-order valence-corrected chi connectivity index (χ3v) is 11.0. The largest absolute Gasteiger partial charge is 0.469 e. The van der Waals surface area contributed by atoms with Crippen LogP contribution in [0, 0.1) is 46.5 Å². The normalized spacial score (nSPS) is 25.2. The number of alkyl halides is 1. The second-order valence-corrected chi connectivity index (χ2v) is 13.7. The highest BCUT2D eigenvalue weighted by Crippen LogP contribution is 2.54. The molecule has 4 fully saturated rings. The maximum Gasteiger partial charge on any atom is 0.305 e. The highest BCUT2D eigenvalue weighted by Gasteiger charge is 2.54. The second kappa shape index (κ2) is 12.9. The number of ether oxygens (including phenoxy) is 1. The predicted molar refractivity (Wildman–Crippen MR) is 163 cm³/mol. The van der Waals surface area contributed by atoms with Crippen molar-refractivity contribution in [1.82, 2.24) is 9.80 Å². The number of halogens is 4. The molecule has 0 N–H and O–H groups in total. The summed E-state index contributed by atoms with van der Waals surface area (Å²) in [5, 5.41) is 8.98. The summed E-state index contributed by atoms with van der Waals surface area (Å²) >= 11 is 0. The zero-order valence-corrected chi connectivity index (χ0v) is 25.9. The summed E-state index contributed by atoms with van der Waals surface area (Å²) < 4.78 is 64.9. The van der Waals surface area contributed by atoms with Gasteiger partial charge in [0.05, 0.1) is 31.8 Å². The van der Waals surface area contributed by atoms with Crippen molar-refractivity contribution in [2.75, 3.05) is 64.4 Å². The molecule has 10 heteroatoms. The first kappa shape index (κ1) is 31.8. The molecular formula is C35H42F4N4O2. The van der Waals surface area contributed by atoms with Crippen molar-refractivity contribution in [2.45, 2.75) is 56.0 Å². The van der Waals surface area contributed by atoms with Gasteiger partial charge in [0.1, 0.15) is 11.5 Å². The van der Waals surface area contributed by atoms with Crippen LogP contribution in [0.15, 0.2) is 36.4 Å². The molecule has 242 valence electrons. The van der Waals surface area contributed by atoms with E-state index in [9.17, 15) is 18.0 Å². The van der Waals surface area contributed by atoms with Gasteiger partial charge < -0.3 is 14.5 Å². The van der Waals surface area contributed by atoms with Gasteiger partial charge in [0.15, 0.2) is 17.3 Å². The van der Waals surface area contributed by atoms with E-state index in [0.717, 1.165) is 75.9 Å². The molecule has 1 aliphatic carbocycles. The van der Waals surface area contributed by atoms with Gasteiger partial charge >= 0.3 is 5.97 Å². The fraction of sp³-hybridized carbons (Fsp3) is 0.600. The molecule has 0 unspecified atom stereocenters. The second-order valence-electron chi connectivity index (χ2n) is 13.7. The maximum absolute atomic E-state index is 15.9. The minimum Gasteiger partial charge on any atom is -0.469 e. The number of carbonyl (C=O) groups excluding carboxylic acids is 1. The number of hydrogen-bond donors (Lipinski definition) is 0. The summed E-state index contributed by atoms with van der Waals surface area (Å²) in [6.45, 7) is 4.09. The van der Waals surface area contributed by atoms with Gasteiger partial charge in [0.25, 0.3) is 0 Å². The lowest BCUT2D eigenvalue weighted by atomic mass is 9.56. The number of likely N-dealkylation sites (tertiary alicyclic amines) is 2. The Hall–Kier alpha value is -3.16. The predicted octanol–water partition coefficient (Wildman–Crippen LogP) is 5.84. The zero-order valence-electron chi connectivity index (χ0n) is 25.9. The van der Waals surface area contributed by atoms with Crippen LogP contribution >= 0.6 is 0 Å². The Bertz CT molecular complexity index is 1410. The third-order valence-electron chi connectivity index (χ3n) is 11.0. The van der Waals surface area contributed by atoms with Crippen LogP contribution in [0.25, 0.3) is 0 Å². The molecule has 3 saturated heterocycles. The van der Waals surface area contributed by atoms with E-state index in [1.54, 1.807) is 18.2 Å². The van der Waals surface area contributed by atoms with Gasteiger partial charge in [-0.3, -0.25) is 9.69 Å². The van der Waals surface area contributed by atoms with Crippen molar-refractivity contribution in [3.05, 3.63) is 65.0 Å². The summed E-state index contributed by atoms with van der Waals surface area (Å²) in [6, 6.07) is 10.7. The Balaban J connectivity index is 1.20. The van der Waals surface area contributed by atoms with Crippen LogP contribution < -0.4 is 4.90 Å². The molecule has 0 spiro atoms. The molecule has 0 radical (unpaired) electrons. The smallest absolute Gasteiger partial charge is 0.305 e. The molecule has 45 heavy (non-hydrogen) atoms. The Labute approximate surface area is 262 Å². The number of anilines is 1. The Morgan fingerprint density at radius 3 is 2.31 bits per heavy atom. The van der Waals surface area contributed by atoms with Crippen molar-refractivity contribution in [3.63, 3.8) is 0 Å². The third kappa shape index (κ3) is 6.31. The summed E-state index contributed by atoms with van der Waals surface area (Å²) in [5.74, 6) is -1.62. The molecule has 0 amide bonds. The average molecular weight is 627 g/mol. The van der Waals surface area contributed by atoms with Crippen molar-refractivity contribution in [1.29, 1.82) is 5.26 Å². The van der Waals surface area contributed by atoms with Gasteiger partial charge in [-0.2, -0.15) is 5.26 Å². The fourth-order valence-electron chi connectivity index (χ4n) is 8.87. The highest BCUT2D eigenvalue weighted by atomic mass is 19.1. The van der Waals surface area contributed by atoms with E-state index in [0.29, 0.717) is 19.5 Å². The van der Waals surface area contributed by atoms with Gasteiger partial charge in [-0.05, 0) is 106 Å². The van der Waals surface area contributed by atoms with E-state index < -0.39 is 17.3 Å². The topological polar surface area (TPSA) is 59.8 Å². The van der Waals surface area contributed by atoms with Crippen molar-refractivity contribution >= 4 is 11.7 Å². The molecule has 1 saturated carbocycles. The van der Waals surface area contributed by atoms with Crippen LogP contribution in [-0.4, -0.2) is 80.9 Å². The first-order valence-corrected chi connectivity index (χ1v) is 16.2. The molecule has 4 aliphatic rings. The standard InChI is InChI=1S/C35H42F4N4O2/c1-45-32(44)17-25-5-2-8-29(25)35(23-41-11-4-12-41,27-6-3-7-28(36)18-27)26-9-13-42(14-10-26)20-34(39)21-43(22-34)33-30(37)15-24(19-40)16-31(33)38/h3,6-7,15-16,18,25-26,29H,2,4-5,8-14,17,20-23H2,1H3/t25-,29+,35+/m1/s1. The fourth-order valence-corrected chi connectivity index (χ4v) is 8.87. The van der Waals surface area contributed by atoms with Crippen molar-refractivity contribution < 1.29 is 27.1 Å². The van der Waals surface area contributed by atoms with Gasteiger partial charge in [0, 0.05) is 24.9 Å². The van der Waals surface area contributed by atoms with Crippen molar-refractivity contribution in [2.24, 2.45) is 17.8 Å². The molecular weight excluding hydrogens is 584 g/mol. The summed E-state index contributed by atoms with van der Waals surface area (Å²) in [4.78, 5) is 18.4. The van der Waals surface area contributed by atoms with Gasteiger partial charge in [-0.1, -0.05) is 18.6 Å². The van der Waals surface area contributed by atoms with Crippen LogP contribution in [-0.2, 0) is 14.9 Å². The number of rotatable bonds is 10. The molecule has 0 aromatic heterocycles. The number of esters is 1. The number of hydrogen-bond acceptors (Lipinski definition) is 6. The molecule has 3 heterocycles. The Morgan fingerprint density at radius 2 is 1.71 bits per heavy atom. The Kier molecular flexibility index (Phi) is 9.13. The van der Waals surface area contributed by atoms with Crippen LogP contribution in [0.5, 0.6) is 0 Å². The number of piperidine rings is 1. The number of benzene rings is 2. The maximum atomic E-state index is 15.9. The number of carbonyl (C=O) groups is 1. The van der Waals surface area contributed by atoms with E-state index in [1.165, 1.54) is 18.1 Å². The van der Waals surface area contributed by atoms with E-state index in [4.69, 9.17) is 10.00 Å². The van der Waals surface area contributed by atoms with E-state index in [-0.39, 0.29) is 65.8 Å². The first-order valence-electron chi connectivity index (χ1n) is 16.2. The molecule has 2 aromatic carbocycles. The van der Waals surface area contributed by atoms with Crippen LogP contribution in [0.1, 0.15) is 56.1 Å². The van der Waals surface area contributed by atoms with Crippen LogP contribution in [0.2, 0.25) is 0 Å². The average Bonchev–Trinajstić information content (AvgIpc) is 3.44. The van der Waals surface area contributed by atoms with Crippen LogP contribution in [0.4, 0.5) is 23.2 Å². The molecule has 3 aliphatic heterocycles. The minimum atomic E-state index is -1.60. The van der Waals surface area contributed by atoms with Crippen molar-refractivity contribution in [3.8, 4) is 6.07 Å². The number of methoxy groups -OCH3 is 1. The molecule has 2 aromatic rings. The summed E-state index contributed by atoms with van der Waals surface area (Å²) in [7, 11) is 1.43. The molecule has 3 atom stereocenters. The first-order chi connectivity index (χ1) is 21.6. The quantitative estimate of drug-likeness (QED) is 0.244. The molecule has 0 bridgehead atoms. The molecule has 6 rings (SSSR count). The zero-order chi connectivity index (χ0) is 31.8. The van der Waals surface area contributed by atoms with Gasteiger partial charge in [0.2, 0.25) is 0 Å². The minimum absolute atomic E-state index is 0.110. The molecule has 6 nitrogen and oxygen atoms in total. The van der Waals surface area contributed by atoms with E-state index >= 15 is 4.39 Å². The highest BCUT2D eigenvalue weighted by molar-refractivity contribution is 5.69. The van der Waals surface area contributed by atoms with E-state index in [2.05, 4.69) is 15.9 Å².